The number of amidine groups is 1. The highest BCUT2D eigenvalue weighted by Crippen LogP contribution is 2.30. The van der Waals surface area contributed by atoms with Crippen molar-refractivity contribution in [1.29, 1.82) is 0 Å². The molecule has 5 aromatic rings. The summed E-state index contributed by atoms with van der Waals surface area (Å²) in [6.07, 6.45) is 6.31. The van der Waals surface area contributed by atoms with Gasteiger partial charge in [-0.3, -0.25) is 4.99 Å². The summed E-state index contributed by atoms with van der Waals surface area (Å²) in [5, 5.41) is 0. The van der Waals surface area contributed by atoms with Crippen molar-refractivity contribution in [3.8, 4) is 22.3 Å². The normalized spacial score (nSPS) is 12.0. The molecule has 0 N–H and O–H groups in total. The molecule has 0 fully saturated rings. The lowest BCUT2D eigenvalue weighted by molar-refractivity contribution is 1.06. The Bertz CT molecular complexity index is 1820. The molecule has 0 bridgehead atoms. The van der Waals surface area contributed by atoms with E-state index in [1.807, 2.05) is 36.4 Å². The zero-order chi connectivity index (χ0) is 30.0. The minimum Gasteiger partial charge on any atom is -0.261 e. The van der Waals surface area contributed by atoms with Crippen LogP contribution in [0, 0.1) is 6.92 Å². The Morgan fingerprint density at radius 2 is 1.30 bits per heavy atom. The molecule has 0 aliphatic rings. The van der Waals surface area contributed by atoms with E-state index in [1.165, 1.54) is 39.0 Å². The molecule has 5 rings (SSSR count). The van der Waals surface area contributed by atoms with Crippen LogP contribution >= 0.6 is 0 Å². The van der Waals surface area contributed by atoms with Gasteiger partial charge in [-0.1, -0.05) is 134 Å². The van der Waals surface area contributed by atoms with Crippen LogP contribution in [0.3, 0.4) is 0 Å². The molecule has 0 saturated carbocycles. The zero-order valence-corrected chi connectivity index (χ0v) is 24.9. The summed E-state index contributed by atoms with van der Waals surface area (Å²) in [5.74, 6) is 0.647. The molecule has 0 heterocycles. The second-order valence-corrected chi connectivity index (χ2v) is 10.6. The fourth-order valence-corrected chi connectivity index (χ4v) is 5.09. The molecule has 2 heteroatoms. The Morgan fingerprint density at radius 1 is 0.674 bits per heavy atom. The number of hydrogen-bond acceptors (Lipinski definition) is 1. The monoisotopic (exact) mass is 556 g/mol. The van der Waals surface area contributed by atoms with Gasteiger partial charge in [0.1, 0.15) is 0 Å². The number of hydrogen-bond donors (Lipinski definition) is 0. The maximum atomic E-state index is 4.69. The lowest BCUT2D eigenvalue weighted by Crippen LogP contribution is -1.97. The van der Waals surface area contributed by atoms with Crippen LogP contribution in [0.25, 0.3) is 33.4 Å². The van der Waals surface area contributed by atoms with Crippen LogP contribution in [0.1, 0.15) is 34.7 Å². The average molecular weight is 557 g/mol. The molecule has 2 nitrogen and oxygen atoms in total. The van der Waals surface area contributed by atoms with Gasteiger partial charge in [-0.15, -0.1) is 0 Å². The summed E-state index contributed by atoms with van der Waals surface area (Å²) < 4.78 is 0. The molecule has 0 aromatic heterocycles. The van der Waals surface area contributed by atoms with Crippen LogP contribution in [0.4, 0.5) is 0 Å². The summed E-state index contributed by atoms with van der Waals surface area (Å²) in [7, 11) is 0. The van der Waals surface area contributed by atoms with Gasteiger partial charge in [-0.2, -0.15) is 0 Å². The summed E-state index contributed by atoms with van der Waals surface area (Å²) in [6.45, 7) is 12.9. The first-order valence-electron chi connectivity index (χ1n) is 14.5. The number of allylic oxidation sites excluding steroid dienone is 5. The third-order valence-electron chi connectivity index (χ3n) is 7.50. The SMILES string of the molecule is C=NC(=NCc1cccc(C(=C)/C=C\C=C(/C)c2cc(-c3cccc(-c4ccccc4)c3)ccc2C)c1)c1ccccc1. The van der Waals surface area contributed by atoms with E-state index in [-0.39, 0.29) is 0 Å². The van der Waals surface area contributed by atoms with Gasteiger partial charge in [-0.05, 0) is 94.4 Å². The van der Waals surface area contributed by atoms with Crippen LogP contribution in [0.2, 0.25) is 0 Å². The Balaban J connectivity index is 1.30. The lowest BCUT2D eigenvalue weighted by Gasteiger charge is -2.11. The second-order valence-electron chi connectivity index (χ2n) is 10.6. The van der Waals surface area contributed by atoms with Crippen molar-refractivity contribution in [2.75, 3.05) is 0 Å². The molecule has 0 atom stereocenters. The lowest BCUT2D eigenvalue weighted by atomic mass is 9.94. The first-order chi connectivity index (χ1) is 21.0. The summed E-state index contributed by atoms with van der Waals surface area (Å²) in [4.78, 5) is 8.81. The summed E-state index contributed by atoms with van der Waals surface area (Å²) >= 11 is 0. The van der Waals surface area contributed by atoms with Gasteiger partial charge in [0.2, 0.25) is 0 Å². The average Bonchev–Trinajstić information content (AvgIpc) is 3.06. The van der Waals surface area contributed by atoms with Crippen molar-refractivity contribution in [2.24, 2.45) is 9.98 Å². The minimum atomic E-state index is 0.525. The number of aliphatic imine (C=N–C) groups is 2. The van der Waals surface area contributed by atoms with Gasteiger partial charge < -0.3 is 0 Å². The van der Waals surface area contributed by atoms with Gasteiger partial charge in [0, 0.05) is 5.56 Å². The predicted octanol–water partition coefficient (Wildman–Crippen LogP) is 10.6. The van der Waals surface area contributed by atoms with E-state index in [1.54, 1.807) is 0 Å². The molecule has 210 valence electrons. The third kappa shape index (κ3) is 7.49. The summed E-state index contributed by atoms with van der Waals surface area (Å²) in [5.41, 5.74) is 12.6. The van der Waals surface area contributed by atoms with Gasteiger partial charge in [-0.25, -0.2) is 4.99 Å². The fraction of sp³-hybridized carbons (Fsp3) is 0.0732. The highest BCUT2D eigenvalue weighted by molar-refractivity contribution is 6.01. The Labute approximate surface area is 255 Å². The molecule has 0 saturated heterocycles. The van der Waals surface area contributed by atoms with E-state index in [0.29, 0.717) is 12.4 Å². The van der Waals surface area contributed by atoms with Gasteiger partial charge >= 0.3 is 0 Å². The highest BCUT2D eigenvalue weighted by Gasteiger charge is 2.07. The molecule has 0 radical (unpaired) electrons. The fourth-order valence-electron chi connectivity index (χ4n) is 5.09. The van der Waals surface area contributed by atoms with Crippen molar-refractivity contribution >= 4 is 23.7 Å². The summed E-state index contributed by atoms with van der Waals surface area (Å²) in [6, 6.07) is 44.2. The van der Waals surface area contributed by atoms with E-state index in [4.69, 9.17) is 0 Å². The second kappa shape index (κ2) is 14.0. The van der Waals surface area contributed by atoms with E-state index in [2.05, 4.69) is 146 Å². The third-order valence-corrected chi connectivity index (χ3v) is 7.50. The maximum absolute atomic E-state index is 4.69. The van der Waals surface area contributed by atoms with E-state index < -0.39 is 0 Å². The van der Waals surface area contributed by atoms with Crippen LogP contribution in [-0.4, -0.2) is 12.6 Å². The number of rotatable bonds is 9. The molecular formula is C41H36N2. The van der Waals surface area contributed by atoms with Crippen molar-refractivity contribution < 1.29 is 0 Å². The first-order valence-corrected chi connectivity index (χ1v) is 14.5. The Morgan fingerprint density at radius 3 is 2.05 bits per heavy atom. The number of benzene rings is 5. The quantitative estimate of drug-likeness (QED) is 0.0980. The molecule has 0 spiro atoms. The molecule has 0 amide bonds. The van der Waals surface area contributed by atoms with E-state index in [0.717, 1.165) is 22.3 Å². The molecule has 0 unspecified atom stereocenters. The standard InChI is InChI=1S/C41H36N2/c1-30(36-21-12-16-33(26-36)29-43-41(42-4)35-19-9-6-10-20-35)14-11-15-31(2)40-28-39(25-24-32(40)3)38-23-13-22-37(27-38)34-17-7-5-8-18-34/h5-28H,1,4,29H2,2-3H3/b14-11-,31-15+,43-41?. The van der Waals surface area contributed by atoms with Crippen molar-refractivity contribution in [2.45, 2.75) is 20.4 Å². The van der Waals surface area contributed by atoms with Gasteiger partial charge in [0.05, 0.1) is 6.54 Å². The van der Waals surface area contributed by atoms with Crippen LogP contribution in [0.15, 0.2) is 162 Å². The first kappa shape index (κ1) is 29.2. The molecular weight excluding hydrogens is 520 g/mol. The number of nitrogens with zero attached hydrogens (tertiary/aromatic N) is 2. The zero-order valence-electron chi connectivity index (χ0n) is 24.9. The van der Waals surface area contributed by atoms with Crippen LogP contribution < -0.4 is 0 Å². The Hall–Kier alpha value is -5.34. The van der Waals surface area contributed by atoms with Crippen LogP contribution in [0.5, 0.6) is 0 Å². The smallest absolute Gasteiger partial charge is 0.154 e. The van der Waals surface area contributed by atoms with Crippen LogP contribution in [-0.2, 0) is 6.54 Å². The van der Waals surface area contributed by atoms with Crippen molar-refractivity contribution in [3.05, 3.63) is 180 Å². The Kier molecular flexibility index (Phi) is 9.51. The van der Waals surface area contributed by atoms with Gasteiger partial charge in [0.25, 0.3) is 0 Å². The topological polar surface area (TPSA) is 24.7 Å². The van der Waals surface area contributed by atoms with Crippen molar-refractivity contribution in [3.63, 3.8) is 0 Å². The van der Waals surface area contributed by atoms with E-state index in [9.17, 15) is 0 Å². The molecule has 43 heavy (non-hydrogen) atoms. The van der Waals surface area contributed by atoms with E-state index >= 15 is 0 Å². The predicted molar refractivity (Wildman–Crippen MR) is 187 cm³/mol. The largest absolute Gasteiger partial charge is 0.261 e. The highest BCUT2D eigenvalue weighted by atomic mass is 14.9. The molecule has 5 aromatic carbocycles. The number of aryl methyl sites for hydroxylation is 1. The molecule has 0 aliphatic heterocycles. The van der Waals surface area contributed by atoms with Crippen molar-refractivity contribution in [1.82, 2.24) is 0 Å². The minimum absolute atomic E-state index is 0.525. The molecule has 0 aliphatic carbocycles. The van der Waals surface area contributed by atoms with Gasteiger partial charge in [0.15, 0.2) is 5.84 Å². The maximum Gasteiger partial charge on any atom is 0.154 e.